The second-order valence-electron chi connectivity index (χ2n) is 7.94. The number of nitrogens with zero attached hydrogens (tertiary/aromatic N) is 2. The number of piperazine rings is 1. The van der Waals surface area contributed by atoms with Crippen molar-refractivity contribution in [1.82, 2.24) is 4.90 Å². The Morgan fingerprint density at radius 2 is 1.55 bits per heavy atom. The Hall–Kier alpha value is -3.31. The van der Waals surface area contributed by atoms with Crippen molar-refractivity contribution >= 4 is 17.3 Å². The number of hydrogen-bond donors (Lipinski definition) is 1. The van der Waals surface area contributed by atoms with E-state index >= 15 is 0 Å². The second-order valence-corrected chi connectivity index (χ2v) is 7.94. The second kappa shape index (κ2) is 10.1. The van der Waals surface area contributed by atoms with Crippen LogP contribution in [-0.2, 0) is 11.2 Å². The van der Waals surface area contributed by atoms with Crippen LogP contribution in [0.2, 0.25) is 0 Å². The van der Waals surface area contributed by atoms with Crippen molar-refractivity contribution in [3.05, 3.63) is 90.0 Å². The molecule has 0 saturated carbocycles. The zero-order chi connectivity index (χ0) is 21.5. The number of amides is 1. The van der Waals surface area contributed by atoms with Gasteiger partial charge in [-0.3, -0.25) is 4.79 Å². The lowest BCUT2D eigenvalue weighted by atomic mass is 10.0. The Labute approximate surface area is 184 Å². The van der Waals surface area contributed by atoms with Gasteiger partial charge >= 0.3 is 0 Å². The summed E-state index contributed by atoms with van der Waals surface area (Å²) in [6, 6.07) is 26.2. The highest BCUT2D eigenvalue weighted by Gasteiger charge is 2.14. The number of carbonyl (C=O) groups is 1. The minimum Gasteiger partial charge on any atom is -0.483 e. The molecule has 3 aromatic rings. The smallest absolute Gasteiger partial charge is 0.262 e. The van der Waals surface area contributed by atoms with Crippen LogP contribution in [0, 0.1) is 0 Å². The summed E-state index contributed by atoms with van der Waals surface area (Å²) in [6.07, 6.45) is 0.770. The highest BCUT2D eigenvalue weighted by atomic mass is 16.5. The molecule has 160 valence electrons. The standard InChI is InChI=1S/C26H29N3O2/c1-28-15-17-29(18-16-28)24-13-11-23(12-14-24)27-26(30)20-31-25-10-6-5-9-22(25)19-21-7-3-2-4-8-21/h2-14H,15-20H2,1H3,(H,27,30). The number of rotatable bonds is 7. The lowest BCUT2D eigenvalue weighted by molar-refractivity contribution is -0.118. The summed E-state index contributed by atoms with van der Waals surface area (Å²) in [5, 5.41) is 2.93. The van der Waals surface area contributed by atoms with Crippen LogP contribution >= 0.6 is 0 Å². The fraction of sp³-hybridized carbons (Fsp3) is 0.269. The quantitative estimate of drug-likeness (QED) is 0.632. The molecule has 0 unspecified atom stereocenters. The molecule has 3 aromatic carbocycles. The van der Waals surface area contributed by atoms with E-state index in [0.29, 0.717) is 0 Å². The van der Waals surface area contributed by atoms with Gasteiger partial charge in [0.05, 0.1) is 0 Å². The molecule has 1 aliphatic heterocycles. The van der Waals surface area contributed by atoms with Crippen LogP contribution in [0.25, 0.3) is 0 Å². The summed E-state index contributed by atoms with van der Waals surface area (Å²) in [4.78, 5) is 17.1. The number of nitrogens with one attached hydrogen (secondary N) is 1. The molecule has 1 heterocycles. The number of hydrogen-bond acceptors (Lipinski definition) is 4. The topological polar surface area (TPSA) is 44.8 Å². The van der Waals surface area contributed by atoms with Gasteiger partial charge in [0.1, 0.15) is 5.75 Å². The SMILES string of the molecule is CN1CCN(c2ccc(NC(=O)COc3ccccc3Cc3ccccc3)cc2)CC1. The molecule has 31 heavy (non-hydrogen) atoms. The molecule has 5 nitrogen and oxygen atoms in total. The summed E-state index contributed by atoms with van der Waals surface area (Å²) in [5.41, 5.74) is 4.25. The van der Waals surface area contributed by atoms with Crippen LogP contribution in [0.4, 0.5) is 11.4 Å². The number of para-hydroxylation sites is 1. The van der Waals surface area contributed by atoms with Crippen molar-refractivity contribution in [2.24, 2.45) is 0 Å². The van der Waals surface area contributed by atoms with Crippen molar-refractivity contribution in [2.75, 3.05) is 50.1 Å². The van der Waals surface area contributed by atoms with E-state index in [2.05, 4.69) is 46.4 Å². The third-order valence-electron chi connectivity index (χ3n) is 5.59. The monoisotopic (exact) mass is 415 g/mol. The van der Waals surface area contributed by atoms with Gasteiger partial charge in [-0.15, -0.1) is 0 Å². The first-order chi connectivity index (χ1) is 15.2. The first-order valence-corrected chi connectivity index (χ1v) is 10.8. The van der Waals surface area contributed by atoms with Gasteiger partial charge in [-0.25, -0.2) is 0 Å². The number of carbonyl (C=O) groups excluding carboxylic acids is 1. The van der Waals surface area contributed by atoms with Crippen LogP contribution in [0.1, 0.15) is 11.1 Å². The fourth-order valence-electron chi connectivity index (χ4n) is 3.77. The average Bonchev–Trinajstić information content (AvgIpc) is 2.80. The van der Waals surface area contributed by atoms with Gasteiger partial charge in [0.15, 0.2) is 6.61 Å². The number of ether oxygens (including phenoxy) is 1. The van der Waals surface area contributed by atoms with Gasteiger partial charge in [-0.2, -0.15) is 0 Å². The number of likely N-dealkylation sites (N-methyl/N-ethyl adjacent to an activating group) is 1. The van der Waals surface area contributed by atoms with Crippen LogP contribution in [0.3, 0.4) is 0 Å². The minimum absolute atomic E-state index is 0.0218. The predicted octanol–water partition coefficient (Wildman–Crippen LogP) is 4.05. The Morgan fingerprint density at radius 1 is 0.871 bits per heavy atom. The average molecular weight is 416 g/mol. The maximum absolute atomic E-state index is 12.4. The van der Waals surface area contributed by atoms with E-state index in [1.807, 2.05) is 54.6 Å². The third kappa shape index (κ3) is 5.86. The highest BCUT2D eigenvalue weighted by Crippen LogP contribution is 2.22. The molecule has 1 saturated heterocycles. The van der Waals surface area contributed by atoms with Crippen molar-refractivity contribution in [2.45, 2.75) is 6.42 Å². The number of benzene rings is 3. The summed E-state index contributed by atoms with van der Waals surface area (Å²) in [5.74, 6) is 0.578. The van der Waals surface area contributed by atoms with Crippen LogP contribution in [0.15, 0.2) is 78.9 Å². The minimum atomic E-state index is -0.165. The van der Waals surface area contributed by atoms with E-state index in [4.69, 9.17) is 4.74 Å². The molecular formula is C26H29N3O2. The van der Waals surface area contributed by atoms with Crippen LogP contribution in [-0.4, -0.2) is 50.6 Å². The molecule has 0 atom stereocenters. The Balaban J connectivity index is 1.31. The van der Waals surface area contributed by atoms with Gasteiger partial charge < -0.3 is 19.9 Å². The van der Waals surface area contributed by atoms with Gasteiger partial charge in [0.2, 0.25) is 0 Å². The zero-order valence-electron chi connectivity index (χ0n) is 18.0. The molecule has 0 radical (unpaired) electrons. The molecule has 5 heteroatoms. The lowest BCUT2D eigenvalue weighted by Gasteiger charge is -2.34. The first-order valence-electron chi connectivity index (χ1n) is 10.8. The van der Waals surface area contributed by atoms with E-state index in [0.717, 1.165) is 49.6 Å². The Bertz CT molecular complexity index is 981. The van der Waals surface area contributed by atoms with E-state index in [-0.39, 0.29) is 12.5 Å². The van der Waals surface area contributed by atoms with Crippen molar-refractivity contribution in [1.29, 1.82) is 0 Å². The first kappa shape index (κ1) is 20.9. The van der Waals surface area contributed by atoms with Gasteiger partial charge in [0, 0.05) is 44.0 Å². The van der Waals surface area contributed by atoms with Gasteiger partial charge in [-0.1, -0.05) is 48.5 Å². The van der Waals surface area contributed by atoms with Crippen LogP contribution < -0.4 is 15.0 Å². The molecule has 1 amide bonds. The number of anilines is 2. The van der Waals surface area contributed by atoms with Crippen molar-refractivity contribution < 1.29 is 9.53 Å². The molecule has 0 bridgehead atoms. The molecular weight excluding hydrogens is 386 g/mol. The molecule has 4 rings (SSSR count). The molecule has 1 fully saturated rings. The maximum atomic E-state index is 12.4. The summed E-state index contributed by atoms with van der Waals surface area (Å²) >= 11 is 0. The van der Waals surface area contributed by atoms with Crippen molar-refractivity contribution in [3.8, 4) is 5.75 Å². The molecule has 0 aromatic heterocycles. The third-order valence-corrected chi connectivity index (χ3v) is 5.59. The van der Waals surface area contributed by atoms with Gasteiger partial charge in [0.25, 0.3) is 5.91 Å². The molecule has 1 aliphatic rings. The summed E-state index contributed by atoms with van der Waals surface area (Å²) in [7, 11) is 2.15. The fourth-order valence-corrected chi connectivity index (χ4v) is 3.77. The summed E-state index contributed by atoms with van der Waals surface area (Å²) in [6.45, 7) is 4.17. The van der Waals surface area contributed by atoms with E-state index < -0.39 is 0 Å². The lowest BCUT2D eigenvalue weighted by Crippen LogP contribution is -2.44. The maximum Gasteiger partial charge on any atom is 0.262 e. The van der Waals surface area contributed by atoms with Crippen LogP contribution in [0.5, 0.6) is 5.75 Å². The van der Waals surface area contributed by atoms with Crippen molar-refractivity contribution in [3.63, 3.8) is 0 Å². The normalized spacial score (nSPS) is 14.3. The van der Waals surface area contributed by atoms with E-state index in [1.54, 1.807) is 0 Å². The van der Waals surface area contributed by atoms with E-state index in [9.17, 15) is 4.79 Å². The van der Waals surface area contributed by atoms with Gasteiger partial charge in [-0.05, 0) is 48.5 Å². The summed E-state index contributed by atoms with van der Waals surface area (Å²) < 4.78 is 5.85. The zero-order valence-corrected chi connectivity index (χ0v) is 18.0. The molecule has 0 spiro atoms. The highest BCUT2D eigenvalue weighted by molar-refractivity contribution is 5.92. The predicted molar refractivity (Wildman–Crippen MR) is 126 cm³/mol. The molecule has 0 aliphatic carbocycles. The van der Waals surface area contributed by atoms with E-state index in [1.165, 1.54) is 11.3 Å². The largest absolute Gasteiger partial charge is 0.483 e. The Morgan fingerprint density at radius 3 is 2.29 bits per heavy atom. The molecule has 1 N–H and O–H groups in total. The Kier molecular flexibility index (Phi) is 6.85.